The van der Waals surface area contributed by atoms with Crippen LogP contribution < -0.4 is 14.5 Å². The number of ether oxygens (including phenoxy) is 1. The summed E-state index contributed by atoms with van der Waals surface area (Å²) >= 11 is 0. The fourth-order valence-corrected chi connectivity index (χ4v) is 1.72. The summed E-state index contributed by atoms with van der Waals surface area (Å²) in [6.07, 6.45) is 0.473. The predicted molar refractivity (Wildman–Crippen MR) is 70.5 cm³/mol. The zero-order valence-electron chi connectivity index (χ0n) is 11.2. The van der Waals surface area contributed by atoms with Gasteiger partial charge in [0, 0.05) is 18.7 Å². The highest BCUT2D eigenvalue weighted by atomic mass is 16.5. The van der Waals surface area contributed by atoms with Gasteiger partial charge in [-0.1, -0.05) is 6.92 Å². The molecule has 4 nitrogen and oxygen atoms in total. The van der Waals surface area contributed by atoms with E-state index in [2.05, 4.69) is 33.4 Å². The predicted octanol–water partition coefficient (Wildman–Crippen LogP) is 2.16. The molecule has 0 saturated heterocycles. The zero-order valence-corrected chi connectivity index (χ0v) is 11.2. The molecule has 1 amide bonds. The summed E-state index contributed by atoms with van der Waals surface area (Å²) in [5, 5.41) is 2.43. The smallest absolute Gasteiger partial charge is 0.410 e. The molecule has 0 radical (unpaired) electrons. The Balaban J connectivity index is 3.05. The lowest BCUT2D eigenvalue weighted by molar-refractivity contribution is 0.203. The maximum absolute atomic E-state index is 11.1. The second-order valence-electron chi connectivity index (χ2n) is 4.80. The number of quaternary nitrogens is 1. The molecule has 0 fully saturated rings. The molecular weight excluding hydrogens is 216 g/mol. The van der Waals surface area contributed by atoms with Crippen LogP contribution in [0.5, 0.6) is 5.75 Å². The van der Waals surface area contributed by atoms with Gasteiger partial charge >= 0.3 is 6.09 Å². The molecule has 0 heterocycles. The van der Waals surface area contributed by atoms with E-state index in [1.54, 1.807) is 7.05 Å². The van der Waals surface area contributed by atoms with Gasteiger partial charge in [0.05, 0.1) is 21.1 Å². The van der Waals surface area contributed by atoms with Crippen molar-refractivity contribution in [3.05, 3.63) is 23.8 Å². The number of rotatable bonds is 3. The lowest BCUT2D eigenvalue weighted by Crippen LogP contribution is -2.35. The standard InChI is InChI=1S/C13H20N2O2/c1-6-10-9-11(17-13(16)14-2)7-8-12(10)15(3,4)5/h7-9H,6H2,1-5H3/p+1. The van der Waals surface area contributed by atoms with Crippen LogP contribution in [0, 0.1) is 0 Å². The summed E-state index contributed by atoms with van der Waals surface area (Å²) in [4.78, 5) is 11.1. The van der Waals surface area contributed by atoms with E-state index in [4.69, 9.17) is 4.74 Å². The molecule has 0 bridgehead atoms. The largest absolute Gasteiger partial charge is 0.412 e. The number of carbonyl (C=O) groups excluding carboxylic acids is 1. The molecule has 94 valence electrons. The topological polar surface area (TPSA) is 38.3 Å². The Morgan fingerprint density at radius 3 is 2.47 bits per heavy atom. The van der Waals surface area contributed by atoms with Crippen molar-refractivity contribution in [2.24, 2.45) is 0 Å². The van der Waals surface area contributed by atoms with Crippen LogP contribution in [0.25, 0.3) is 0 Å². The SMILES string of the molecule is CCc1cc(OC(=O)NC)ccc1[N+](C)(C)C. The van der Waals surface area contributed by atoms with Crippen LogP contribution in [0.2, 0.25) is 0 Å². The number of hydrogen-bond donors (Lipinski definition) is 1. The highest BCUT2D eigenvalue weighted by Crippen LogP contribution is 2.27. The summed E-state index contributed by atoms with van der Waals surface area (Å²) in [5.41, 5.74) is 2.43. The number of hydrogen-bond acceptors (Lipinski definition) is 2. The first-order chi connectivity index (χ1) is 7.88. The van der Waals surface area contributed by atoms with Crippen LogP contribution >= 0.6 is 0 Å². The molecule has 0 spiro atoms. The van der Waals surface area contributed by atoms with Crippen molar-refractivity contribution in [3.63, 3.8) is 0 Å². The number of carbonyl (C=O) groups is 1. The minimum absolute atomic E-state index is 0.440. The highest BCUT2D eigenvalue weighted by molar-refractivity contribution is 5.70. The summed E-state index contributed by atoms with van der Waals surface area (Å²) in [7, 11) is 7.90. The third-order valence-corrected chi connectivity index (χ3v) is 2.57. The molecule has 1 N–H and O–H groups in total. The lowest BCUT2D eigenvalue weighted by atomic mass is 10.1. The number of aryl methyl sites for hydroxylation is 1. The molecule has 0 aliphatic heterocycles. The average Bonchev–Trinajstić information content (AvgIpc) is 2.27. The molecular formula is C13H21N2O2+. The van der Waals surface area contributed by atoms with E-state index in [0.29, 0.717) is 5.75 Å². The molecule has 1 aromatic rings. The maximum Gasteiger partial charge on any atom is 0.412 e. The molecule has 0 aliphatic rings. The van der Waals surface area contributed by atoms with Crippen LogP contribution in [0.4, 0.5) is 10.5 Å². The summed E-state index contributed by atoms with van der Waals surface area (Å²) in [5.74, 6) is 0.582. The van der Waals surface area contributed by atoms with Crippen molar-refractivity contribution in [2.75, 3.05) is 28.2 Å². The number of nitrogens with zero attached hydrogens (tertiary/aromatic N) is 1. The second kappa shape index (κ2) is 5.19. The van der Waals surface area contributed by atoms with Gasteiger partial charge in [0.2, 0.25) is 0 Å². The van der Waals surface area contributed by atoms with E-state index >= 15 is 0 Å². The summed E-state index contributed by atoms with van der Waals surface area (Å²) in [6, 6.07) is 5.76. The third-order valence-electron chi connectivity index (χ3n) is 2.57. The van der Waals surface area contributed by atoms with Gasteiger partial charge in [-0.2, -0.15) is 0 Å². The Morgan fingerprint density at radius 2 is 2.00 bits per heavy atom. The van der Waals surface area contributed by atoms with Gasteiger partial charge in [-0.05, 0) is 18.6 Å². The Hall–Kier alpha value is -1.55. The van der Waals surface area contributed by atoms with E-state index in [0.717, 1.165) is 10.9 Å². The number of amides is 1. The van der Waals surface area contributed by atoms with E-state index < -0.39 is 6.09 Å². The Labute approximate surface area is 103 Å². The monoisotopic (exact) mass is 237 g/mol. The van der Waals surface area contributed by atoms with Gasteiger partial charge in [0.25, 0.3) is 0 Å². The molecule has 17 heavy (non-hydrogen) atoms. The van der Waals surface area contributed by atoms with Crippen molar-refractivity contribution in [3.8, 4) is 5.75 Å². The molecule has 1 aromatic carbocycles. The Kier molecular flexibility index (Phi) is 4.12. The minimum atomic E-state index is -0.440. The van der Waals surface area contributed by atoms with Crippen LogP contribution in [0.15, 0.2) is 18.2 Å². The van der Waals surface area contributed by atoms with Crippen molar-refractivity contribution in [1.29, 1.82) is 0 Å². The van der Waals surface area contributed by atoms with Crippen LogP contribution in [-0.4, -0.2) is 34.3 Å². The quantitative estimate of drug-likeness (QED) is 0.818. The molecule has 0 atom stereocenters. The van der Waals surface area contributed by atoms with Crippen LogP contribution in [0.1, 0.15) is 12.5 Å². The first-order valence-electron chi connectivity index (χ1n) is 5.73. The molecule has 1 rings (SSSR count). The van der Waals surface area contributed by atoms with Crippen molar-refractivity contribution in [1.82, 2.24) is 9.80 Å². The van der Waals surface area contributed by atoms with E-state index in [1.165, 1.54) is 11.3 Å². The number of nitrogens with one attached hydrogen (secondary N) is 1. The van der Waals surface area contributed by atoms with Crippen molar-refractivity contribution in [2.45, 2.75) is 13.3 Å². The van der Waals surface area contributed by atoms with E-state index in [9.17, 15) is 4.79 Å². The molecule has 0 aliphatic carbocycles. The van der Waals surface area contributed by atoms with Gasteiger partial charge in [0.1, 0.15) is 11.4 Å². The summed E-state index contributed by atoms with van der Waals surface area (Å²) < 4.78 is 5.87. The van der Waals surface area contributed by atoms with Gasteiger partial charge in [-0.15, -0.1) is 0 Å². The van der Waals surface area contributed by atoms with E-state index in [-0.39, 0.29) is 0 Å². The highest BCUT2D eigenvalue weighted by Gasteiger charge is 2.17. The lowest BCUT2D eigenvalue weighted by Gasteiger charge is -2.26. The fourth-order valence-electron chi connectivity index (χ4n) is 1.72. The summed E-state index contributed by atoms with van der Waals surface area (Å²) in [6.45, 7) is 2.10. The van der Waals surface area contributed by atoms with Gasteiger partial charge in [-0.3, -0.25) is 4.48 Å². The van der Waals surface area contributed by atoms with E-state index in [1.807, 2.05) is 18.2 Å². The average molecular weight is 237 g/mol. The first-order valence-corrected chi connectivity index (χ1v) is 5.73. The van der Waals surface area contributed by atoms with Crippen LogP contribution in [0.3, 0.4) is 0 Å². The molecule has 4 heteroatoms. The third kappa shape index (κ3) is 3.46. The fraction of sp³-hybridized carbons (Fsp3) is 0.462. The van der Waals surface area contributed by atoms with Gasteiger partial charge in [-0.25, -0.2) is 4.79 Å². The minimum Gasteiger partial charge on any atom is -0.410 e. The zero-order chi connectivity index (χ0) is 13.1. The maximum atomic E-state index is 11.1. The normalized spacial score (nSPS) is 11.1. The molecule has 0 unspecified atom stereocenters. The first kappa shape index (κ1) is 13.5. The van der Waals surface area contributed by atoms with Gasteiger partial charge < -0.3 is 10.1 Å². The molecule has 0 aromatic heterocycles. The number of benzene rings is 1. The second-order valence-corrected chi connectivity index (χ2v) is 4.80. The Bertz CT molecular complexity index is 408. The van der Waals surface area contributed by atoms with Crippen molar-refractivity contribution < 1.29 is 9.53 Å². The van der Waals surface area contributed by atoms with Gasteiger partial charge in [0.15, 0.2) is 0 Å². The Morgan fingerprint density at radius 1 is 1.35 bits per heavy atom. The molecule has 0 saturated carbocycles. The van der Waals surface area contributed by atoms with Crippen LogP contribution in [-0.2, 0) is 6.42 Å². The van der Waals surface area contributed by atoms with Crippen molar-refractivity contribution >= 4 is 11.8 Å².